The fourth-order valence-corrected chi connectivity index (χ4v) is 4.88. The molecular weight excluding hydrogens is 423 g/mol. The van der Waals surface area contributed by atoms with Crippen molar-refractivity contribution in [3.63, 3.8) is 0 Å². The molecule has 8 heteroatoms. The molecule has 0 spiro atoms. The number of halogens is 3. The molecule has 0 aliphatic carbocycles. The number of aromatic nitrogens is 3. The SMILES string of the molecule is Cc1cc(C=c2sc3nc4ccccc4n3c2=O)c(C)n1-c1cccc(C(F)(F)F)c1. The van der Waals surface area contributed by atoms with E-state index in [1.54, 1.807) is 21.1 Å². The molecule has 0 unspecified atom stereocenters. The standard InChI is InChI=1S/C23H16F3N3OS/c1-13-10-15(14(2)28(13)17-7-5-6-16(12-17)23(24,25)26)11-20-21(30)29-19-9-4-3-8-18(19)27-22(29)31-20/h3-12H,1-2H3. The van der Waals surface area contributed by atoms with Crippen molar-refractivity contribution in [3.8, 4) is 5.69 Å². The number of rotatable bonds is 2. The van der Waals surface area contributed by atoms with Gasteiger partial charge >= 0.3 is 6.18 Å². The van der Waals surface area contributed by atoms with Gasteiger partial charge in [-0.1, -0.05) is 29.5 Å². The molecule has 0 aliphatic rings. The average Bonchev–Trinajstić information content (AvgIpc) is 3.32. The summed E-state index contributed by atoms with van der Waals surface area (Å²) < 4.78 is 43.3. The molecule has 5 aromatic rings. The van der Waals surface area contributed by atoms with Gasteiger partial charge in [0.2, 0.25) is 0 Å². The second kappa shape index (κ2) is 6.81. The van der Waals surface area contributed by atoms with E-state index < -0.39 is 11.7 Å². The minimum atomic E-state index is -4.41. The van der Waals surface area contributed by atoms with Crippen LogP contribution in [0, 0.1) is 13.8 Å². The average molecular weight is 439 g/mol. The Morgan fingerprint density at radius 3 is 2.58 bits per heavy atom. The smallest absolute Gasteiger partial charge is 0.318 e. The summed E-state index contributed by atoms with van der Waals surface area (Å²) >= 11 is 1.30. The maximum absolute atomic E-state index is 13.1. The minimum absolute atomic E-state index is 0.155. The van der Waals surface area contributed by atoms with Gasteiger partial charge in [0, 0.05) is 17.1 Å². The number of alkyl halides is 3. The molecule has 0 atom stereocenters. The molecule has 0 bridgehead atoms. The molecule has 0 fully saturated rings. The van der Waals surface area contributed by atoms with E-state index in [0.29, 0.717) is 15.2 Å². The third kappa shape index (κ3) is 3.14. The van der Waals surface area contributed by atoms with Gasteiger partial charge in [-0.05, 0) is 61.9 Å². The molecule has 2 aromatic carbocycles. The lowest BCUT2D eigenvalue weighted by Crippen LogP contribution is -2.22. The Kier molecular flexibility index (Phi) is 4.30. The maximum Gasteiger partial charge on any atom is 0.416 e. The molecule has 5 rings (SSSR count). The number of fused-ring (bicyclic) bond motifs is 3. The van der Waals surface area contributed by atoms with Crippen molar-refractivity contribution in [2.24, 2.45) is 0 Å². The van der Waals surface area contributed by atoms with Crippen molar-refractivity contribution in [2.45, 2.75) is 20.0 Å². The zero-order valence-corrected chi connectivity index (χ0v) is 17.4. The molecule has 4 nitrogen and oxygen atoms in total. The third-order valence-corrected chi connectivity index (χ3v) is 6.30. The molecule has 0 N–H and O–H groups in total. The van der Waals surface area contributed by atoms with Crippen molar-refractivity contribution in [3.05, 3.63) is 92.0 Å². The Hall–Kier alpha value is -3.39. The van der Waals surface area contributed by atoms with Crippen LogP contribution in [0.3, 0.4) is 0 Å². The molecule has 0 saturated heterocycles. The van der Waals surface area contributed by atoms with Crippen LogP contribution >= 0.6 is 11.3 Å². The summed E-state index contributed by atoms with van der Waals surface area (Å²) in [5.74, 6) is 0. The van der Waals surface area contributed by atoms with Gasteiger partial charge < -0.3 is 4.57 Å². The predicted molar refractivity (Wildman–Crippen MR) is 116 cm³/mol. The van der Waals surface area contributed by atoms with Gasteiger partial charge in [0.05, 0.1) is 21.1 Å². The fourth-order valence-electron chi connectivity index (χ4n) is 3.91. The van der Waals surface area contributed by atoms with E-state index in [4.69, 9.17) is 0 Å². The summed E-state index contributed by atoms with van der Waals surface area (Å²) in [6.07, 6.45) is -2.63. The number of para-hydroxylation sites is 2. The van der Waals surface area contributed by atoms with Crippen LogP contribution in [0.15, 0.2) is 59.4 Å². The van der Waals surface area contributed by atoms with Crippen LogP contribution in [0.5, 0.6) is 0 Å². The second-order valence-electron chi connectivity index (χ2n) is 7.34. The van der Waals surface area contributed by atoms with E-state index in [2.05, 4.69) is 4.98 Å². The van der Waals surface area contributed by atoms with E-state index in [9.17, 15) is 18.0 Å². The van der Waals surface area contributed by atoms with Crippen LogP contribution < -0.4 is 10.1 Å². The van der Waals surface area contributed by atoms with Gasteiger partial charge in [-0.25, -0.2) is 9.38 Å². The monoisotopic (exact) mass is 439 g/mol. The first-order valence-corrected chi connectivity index (χ1v) is 10.3. The zero-order chi connectivity index (χ0) is 21.9. The predicted octanol–water partition coefficient (Wildman–Crippen LogP) is 4.88. The quantitative estimate of drug-likeness (QED) is 0.393. The first-order chi connectivity index (χ1) is 14.7. The Morgan fingerprint density at radius 2 is 1.81 bits per heavy atom. The van der Waals surface area contributed by atoms with Gasteiger partial charge in [-0.15, -0.1) is 0 Å². The van der Waals surface area contributed by atoms with Crippen molar-refractivity contribution in [2.75, 3.05) is 0 Å². The van der Waals surface area contributed by atoms with Crippen molar-refractivity contribution >= 4 is 33.4 Å². The first-order valence-electron chi connectivity index (χ1n) is 9.52. The van der Waals surface area contributed by atoms with Crippen LogP contribution in [0.1, 0.15) is 22.5 Å². The molecule has 3 heterocycles. The Morgan fingerprint density at radius 1 is 1.03 bits per heavy atom. The highest BCUT2D eigenvalue weighted by Gasteiger charge is 2.30. The maximum atomic E-state index is 13.1. The van der Waals surface area contributed by atoms with Crippen LogP contribution in [-0.2, 0) is 6.18 Å². The largest absolute Gasteiger partial charge is 0.416 e. The third-order valence-electron chi connectivity index (χ3n) is 5.33. The Bertz CT molecular complexity index is 1570. The highest BCUT2D eigenvalue weighted by molar-refractivity contribution is 7.15. The molecule has 0 radical (unpaired) electrons. The van der Waals surface area contributed by atoms with Crippen molar-refractivity contribution < 1.29 is 13.2 Å². The lowest BCUT2D eigenvalue weighted by atomic mass is 10.2. The van der Waals surface area contributed by atoms with Crippen LogP contribution in [0.25, 0.3) is 27.8 Å². The fraction of sp³-hybridized carbons (Fsp3) is 0.130. The minimum Gasteiger partial charge on any atom is -0.318 e. The lowest BCUT2D eigenvalue weighted by Gasteiger charge is -2.13. The second-order valence-corrected chi connectivity index (χ2v) is 8.35. The van der Waals surface area contributed by atoms with Gasteiger partial charge in [-0.3, -0.25) is 4.79 Å². The molecule has 156 valence electrons. The lowest BCUT2D eigenvalue weighted by molar-refractivity contribution is -0.137. The molecule has 0 amide bonds. The van der Waals surface area contributed by atoms with E-state index >= 15 is 0 Å². The summed E-state index contributed by atoms with van der Waals surface area (Å²) in [4.78, 5) is 18.1. The summed E-state index contributed by atoms with van der Waals surface area (Å²) in [6, 6.07) is 14.6. The molecule has 0 aliphatic heterocycles. The number of hydrogen-bond donors (Lipinski definition) is 0. The van der Waals surface area contributed by atoms with Crippen LogP contribution in [0.4, 0.5) is 13.2 Å². The van der Waals surface area contributed by atoms with Gasteiger partial charge in [0.15, 0.2) is 4.96 Å². The number of nitrogens with zero attached hydrogens (tertiary/aromatic N) is 3. The Balaban J connectivity index is 1.66. The highest BCUT2D eigenvalue weighted by atomic mass is 32.1. The van der Waals surface area contributed by atoms with E-state index in [0.717, 1.165) is 40.1 Å². The molecule has 31 heavy (non-hydrogen) atoms. The number of aryl methyl sites for hydroxylation is 1. The van der Waals surface area contributed by atoms with E-state index in [1.165, 1.54) is 17.4 Å². The van der Waals surface area contributed by atoms with E-state index in [-0.39, 0.29) is 5.56 Å². The summed E-state index contributed by atoms with van der Waals surface area (Å²) in [7, 11) is 0. The summed E-state index contributed by atoms with van der Waals surface area (Å²) in [5.41, 5.74) is 3.41. The Labute approximate surface area is 178 Å². The van der Waals surface area contributed by atoms with Gasteiger partial charge in [-0.2, -0.15) is 13.2 Å². The molecule has 0 saturated carbocycles. The normalized spacial score (nSPS) is 13.0. The van der Waals surface area contributed by atoms with Crippen LogP contribution in [0.2, 0.25) is 0 Å². The zero-order valence-electron chi connectivity index (χ0n) is 16.6. The number of hydrogen-bond acceptors (Lipinski definition) is 3. The van der Waals surface area contributed by atoms with Crippen LogP contribution in [-0.4, -0.2) is 14.0 Å². The first kappa shape index (κ1) is 19.6. The summed E-state index contributed by atoms with van der Waals surface area (Å²) in [6.45, 7) is 3.66. The highest BCUT2D eigenvalue weighted by Crippen LogP contribution is 2.31. The van der Waals surface area contributed by atoms with E-state index in [1.807, 2.05) is 44.2 Å². The van der Waals surface area contributed by atoms with Crippen molar-refractivity contribution in [1.82, 2.24) is 14.0 Å². The number of imidazole rings is 1. The molecule has 3 aromatic heterocycles. The number of benzene rings is 2. The topological polar surface area (TPSA) is 39.3 Å². The molecular formula is C23H16F3N3OS. The van der Waals surface area contributed by atoms with Crippen molar-refractivity contribution in [1.29, 1.82) is 0 Å². The number of thiazole rings is 1. The van der Waals surface area contributed by atoms with Gasteiger partial charge in [0.1, 0.15) is 0 Å². The van der Waals surface area contributed by atoms with Gasteiger partial charge in [0.25, 0.3) is 5.56 Å². The summed E-state index contributed by atoms with van der Waals surface area (Å²) in [5, 5.41) is 0.